The Balaban J connectivity index is 1.05. The van der Waals surface area contributed by atoms with Crippen LogP contribution in [-0.4, -0.2) is 250 Å². The van der Waals surface area contributed by atoms with Crippen molar-refractivity contribution in [2.24, 2.45) is 23.1 Å². The molecular weight excluding hydrogens is 1410 g/mol. The van der Waals surface area contributed by atoms with E-state index in [4.69, 9.17) is 22.6 Å². The van der Waals surface area contributed by atoms with Gasteiger partial charge in [0, 0.05) is 67.9 Å². The molecule has 3 aromatic carbocycles. The highest BCUT2D eigenvalue weighted by Crippen LogP contribution is 2.25. The number of aliphatic hydroxyl groups is 3. The van der Waals surface area contributed by atoms with Crippen molar-refractivity contribution in [2.75, 3.05) is 39.5 Å². The number of nitrogens with one attached hydrogen (secondary N) is 13. The Morgan fingerprint density at radius 2 is 1.06 bits per heavy atom. The number of imidazole rings is 1. The zero-order chi connectivity index (χ0) is 78.9. The normalized spacial score (nSPS) is 17.1. The number of primary amides is 1. The Bertz CT molecular complexity index is 3990. The summed E-state index contributed by atoms with van der Waals surface area (Å²) in [6.07, 6.45) is 3.37. The number of nitrogens with two attached hydrogens (primary N) is 3. The predicted molar refractivity (Wildman–Crippen MR) is 384 cm³/mol. The average molecular weight is 1510 g/mol. The van der Waals surface area contributed by atoms with Crippen molar-refractivity contribution in [3.63, 3.8) is 0 Å². The number of aromatic nitrogens is 3. The van der Waals surface area contributed by atoms with Crippen LogP contribution in [0.15, 0.2) is 91.5 Å². The fourth-order valence-electron chi connectivity index (χ4n) is 12.5. The number of aromatic amines is 2. The quantitative estimate of drug-likeness (QED) is 0.00988. The van der Waals surface area contributed by atoms with E-state index in [-0.39, 0.29) is 94.5 Å². The lowest BCUT2D eigenvalue weighted by Gasteiger charge is -2.31. The summed E-state index contributed by atoms with van der Waals surface area (Å²) in [5, 5.41) is 93.8. The number of aromatic hydroxyl groups is 2. The van der Waals surface area contributed by atoms with E-state index < -0.39 is 194 Å². The highest BCUT2D eigenvalue weighted by atomic mass is 16.4. The Morgan fingerprint density at radius 1 is 0.574 bits per heavy atom. The number of fused-ring (bicyclic) bond motifs is 1. The van der Waals surface area contributed by atoms with Gasteiger partial charge in [-0.1, -0.05) is 62.7 Å². The number of carboxylic acids is 1. The van der Waals surface area contributed by atoms with E-state index in [2.05, 4.69) is 68.1 Å². The van der Waals surface area contributed by atoms with Crippen LogP contribution in [0.2, 0.25) is 0 Å². The van der Waals surface area contributed by atoms with Crippen LogP contribution in [0.5, 0.6) is 11.5 Å². The number of carbonyl (C=O) groups is 13. The third-order valence-electron chi connectivity index (χ3n) is 18.6. The molecule has 584 valence electrons. The van der Waals surface area contributed by atoms with Gasteiger partial charge in [-0.25, -0.2) is 9.78 Å². The van der Waals surface area contributed by atoms with Gasteiger partial charge in [0.15, 0.2) is 5.96 Å². The van der Waals surface area contributed by atoms with Gasteiger partial charge in [-0.05, 0) is 97.9 Å². The van der Waals surface area contributed by atoms with E-state index in [1.165, 1.54) is 66.0 Å². The fraction of sp³-hybridized carbons (Fsp3) is 0.471. The summed E-state index contributed by atoms with van der Waals surface area (Å²) in [7, 11) is 0. The van der Waals surface area contributed by atoms with E-state index in [0.717, 1.165) is 21.4 Å². The zero-order valence-corrected chi connectivity index (χ0v) is 59.5. The third-order valence-corrected chi connectivity index (χ3v) is 18.6. The van der Waals surface area contributed by atoms with Crippen molar-refractivity contribution < 1.29 is 93.0 Å². The summed E-state index contributed by atoms with van der Waals surface area (Å²) in [6, 6.07) is -0.364. The predicted octanol–water partition coefficient (Wildman–Crippen LogP) is -5.51. The molecule has 108 heavy (non-hydrogen) atoms. The first-order valence-corrected chi connectivity index (χ1v) is 35.1. The molecule has 7 rings (SSSR count). The number of hydrogen-bond acceptors (Lipinski definition) is 21. The number of aliphatic hydroxyl groups excluding tert-OH is 3. The first kappa shape index (κ1) is 83.5. The van der Waals surface area contributed by atoms with Crippen molar-refractivity contribution >= 4 is 93.7 Å². The van der Waals surface area contributed by atoms with E-state index in [9.17, 15) is 93.0 Å². The lowest BCUT2D eigenvalue weighted by Crippen LogP contribution is -2.62. The van der Waals surface area contributed by atoms with E-state index in [1.807, 2.05) is 24.3 Å². The number of H-pyrrole nitrogens is 2. The third kappa shape index (κ3) is 23.6. The molecule has 2 aliphatic heterocycles. The standard InChI is InChI=1S/C70H95N19O19/c1-3-36(2)57(66(104)82-48(28-40-31-75-35-78-40)60(98)86-53(34-92)69(107)108)87-58(96)46(11-6-22-76-70(73)74)79-61(99)49(29-56(72)95)81-59(97)47(25-37-14-18-41(93)19-15-37)80-62(100)51(32-90)84-65(103)55-13-8-24-89(55)68(106)50(26-38-16-20-42(94)21-17-38)83-63(101)52(33-91)85-64(102)54-12-7-23-88(54)67(105)44(71)27-39-30-77-45-10-5-4-9-43(39)45/h4-5,9-10,14-21,30-31,35-36,44,46-55,57,77,90-94H,3,6-8,11-13,22-29,32-34,71H2,1-2H3,(H2,72,95)(H,75,78)(H,79,99)(H,80,100)(H,81,97)(H,82,104)(H,83,101)(H,84,103)(H,85,102)(H,86,98)(H,87,96)(H,107,108)(H4,73,74,76)/t36-,44-,46-,47-,48-,49-,50-,51-,52-,53-,54-,55-,57-/m0/s1. The number of amides is 12. The highest BCUT2D eigenvalue weighted by molar-refractivity contribution is 6.01. The minimum absolute atomic E-state index is 0.00254. The maximum Gasteiger partial charge on any atom is 0.328 e. The molecule has 25 N–H and O–H groups in total. The van der Waals surface area contributed by atoms with Gasteiger partial charge in [0.05, 0.1) is 38.6 Å². The molecule has 0 unspecified atom stereocenters. The van der Waals surface area contributed by atoms with Crippen LogP contribution in [0.4, 0.5) is 0 Å². The molecule has 0 radical (unpaired) electrons. The fourth-order valence-corrected chi connectivity index (χ4v) is 12.5. The Labute approximate surface area is 619 Å². The van der Waals surface area contributed by atoms with E-state index in [1.54, 1.807) is 20.0 Å². The van der Waals surface area contributed by atoms with Crippen LogP contribution in [0.1, 0.15) is 87.6 Å². The van der Waals surface area contributed by atoms with E-state index >= 15 is 0 Å². The number of guanidine groups is 1. The smallest absolute Gasteiger partial charge is 0.328 e. The number of para-hydroxylation sites is 1. The molecular formula is C70H95N19O19. The molecule has 4 heterocycles. The maximum absolute atomic E-state index is 14.8. The van der Waals surface area contributed by atoms with Gasteiger partial charge in [0.25, 0.3) is 0 Å². The summed E-state index contributed by atoms with van der Waals surface area (Å²) >= 11 is 0. The minimum Gasteiger partial charge on any atom is -0.508 e. The van der Waals surface area contributed by atoms with Gasteiger partial charge in [-0.2, -0.15) is 0 Å². The van der Waals surface area contributed by atoms with Crippen molar-refractivity contribution in [2.45, 2.75) is 163 Å². The van der Waals surface area contributed by atoms with Crippen molar-refractivity contribution in [3.05, 3.63) is 114 Å². The van der Waals surface area contributed by atoms with Gasteiger partial charge >= 0.3 is 5.97 Å². The number of rotatable bonds is 40. The molecule has 0 aliphatic carbocycles. The van der Waals surface area contributed by atoms with Crippen LogP contribution in [0, 0.1) is 11.3 Å². The number of carbonyl (C=O) groups excluding carboxylic acids is 12. The Hall–Kier alpha value is -11.8. The number of hydrogen-bond donors (Lipinski definition) is 22. The number of likely N-dealkylation sites (tertiary alicyclic amines) is 2. The topological polar surface area (TPSA) is 616 Å². The monoisotopic (exact) mass is 1510 g/mol. The minimum atomic E-state index is -1.94. The zero-order valence-electron chi connectivity index (χ0n) is 59.5. The van der Waals surface area contributed by atoms with Gasteiger partial charge in [-0.3, -0.25) is 62.9 Å². The van der Waals surface area contributed by atoms with Crippen LogP contribution < -0.4 is 70.4 Å². The van der Waals surface area contributed by atoms with E-state index in [0.29, 0.717) is 17.7 Å². The van der Waals surface area contributed by atoms with Crippen molar-refractivity contribution in [1.82, 2.24) is 77.9 Å². The van der Waals surface area contributed by atoms with Crippen LogP contribution in [0.3, 0.4) is 0 Å². The molecule has 0 bridgehead atoms. The molecule has 5 aromatic rings. The van der Waals surface area contributed by atoms with Crippen molar-refractivity contribution in [1.29, 1.82) is 5.41 Å². The molecule has 12 amide bonds. The molecule has 38 heteroatoms. The number of carboxylic acid groups (broad SMARTS) is 1. The highest BCUT2D eigenvalue weighted by Gasteiger charge is 2.43. The molecule has 2 fully saturated rings. The van der Waals surface area contributed by atoms with Crippen LogP contribution in [-0.2, 0) is 88.0 Å². The second-order valence-corrected chi connectivity index (χ2v) is 26.5. The summed E-state index contributed by atoms with van der Waals surface area (Å²) in [5.74, 6) is -15.0. The number of aliphatic carboxylic acids is 1. The number of phenolic OH excluding ortho intramolecular Hbond substituents is 2. The average Bonchev–Trinajstić information content (AvgIpc) is 1.66. The summed E-state index contributed by atoms with van der Waals surface area (Å²) in [4.78, 5) is 194. The summed E-state index contributed by atoms with van der Waals surface area (Å²) in [5.41, 5.74) is 20.2. The van der Waals surface area contributed by atoms with Crippen LogP contribution >= 0.6 is 0 Å². The number of nitrogens with zero attached hydrogens (tertiary/aromatic N) is 3. The molecule has 38 nitrogen and oxygen atoms in total. The molecule has 2 aromatic heterocycles. The summed E-state index contributed by atoms with van der Waals surface area (Å²) < 4.78 is 0. The summed E-state index contributed by atoms with van der Waals surface area (Å²) in [6.45, 7) is 0.216. The molecule has 2 saturated heterocycles. The second-order valence-electron chi connectivity index (χ2n) is 26.5. The Morgan fingerprint density at radius 3 is 1.58 bits per heavy atom. The Kier molecular flexibility index (Phi) is 31.0. The molecule has 0 saturated carbocycles. The van der Waals surface area contributed by atoms with Crippen LogP contribution in [0.25, 0.3) is 10.9 Å². The molecule has 2 aliphatic rings. The number of phenols is 2. The SMILES string of the molecule is CC[C@H](C)[C@H](NC(=O)[C@H](CCCNC(=N)N)NC(=O)[C@H](CC(N)=O)NC(=O)[C@H](Cc1ccc(O)cc1)NC(=O)[C@H](CO)NC(=O)[C@@H]1CCCN1C(=O)[C@H](Cc1ccc(O)cc1)NC(=O)[C@H](CO)NC(=O)[C@@H]1CCCN1C(=O)[C@@H](N)Cc1c[nH]c2ccccc12)C(=O)N[C@@H](Cc1cnc[nH]1)C(=O)N[C@@H](CO)C(=O)O. The van der Waals surface area contributed by atoms with Gasteiger partial charge in [0.2, 0.25) is 70.9 Å². The molecule has 0 spiro atoms. The van der Waals surface area contributed by atoms with Gasteiger partial charge < -0.3 is 121 Å². The molecule has 13 atom stereocenters. The lowest BCUT2D eigenvalue weighted by atomic mass is 9.96. The first-order chi connectivity index (χ1) is 51.5. The second kappa shape index (κ2) is 40.1. The van der Waals surface area contributed by atoms with Gasteiger partial charge in [-0.15, -0.1) is 0 Å². The first-order valence-electron chi connectivity index (χ1n) is 35.1. The lowest BCUT2D eigenvalue weighted by molar-refractivity contribution is -0.143. The van der Waals surface area contributed by atoms with Gasteiger partial charge in [0.1, 0.15) is 78.0 Å². The largest absolute Gasteiger partial charge is 0.508 e. The number of benzene rings is 3. The van der Waals surface area contributed by atoms with Crippen molar-refractivity contribution in [3.8, 4) is 11.5 Å². The maximum atomic E-state index is 14.8.